The van der Waals surface area contributed by atoms with Crippen LogP contribution in [-0.2, 0) is 28.6 Å². The molecule has 0 unspecified atom stereocenters. The Bertz CT molecular complexity index is 947. The molecule has 2 aliphatic heterocycles. The zero-order valence-electron chi connectivity index (χ0n) is 19.3. The molecule has 33 heavy (non-hydrogen) atoms. The highest BCUT2D eigenvalue weighted by Gasteiger charge is 2.88. The van der Waals surface area contributed by atoms with Gasteiger partial charge in [-0.3, -0.25) is 14.4 Å². The van der Waals surface area contributed by atoms with Crippen molar-refractivity contribution in [3.8, 4) is 0 Å². The van der Waals surface area contributed by atoms with Gasteiger partial charge < -0.3 is 30.2 Å². The van der Waals surface area contributed by atoms with Crippen LogP contribution in [0.3, 0.4) is 0 Å². The standard InChI is InChI=1S/C24H33NO8/c1-11-13-5-6-14-22-10-31-24(30,23(14,18(11)28)20(13)33-16(27)9-25)19(29)17(22)21(3,4)8-7-15(22)32-12(2)26/h13-15,17,19-20,29-30H,1,5-10,25H2,2-4H3/t13-,14+,15+,17-,19+,20-,22-,23+,24-/m1/s1. The molecule has 182 valence electrons. The number of fused-ring (bicyclic) bond motifs is 2. The summed E-state index contributed by atoms with van der Waals surface area (Å²) in [7, 11) is 0. The molecule has 2 saturated heterocycles. The highest BCUT2D eigenvalue weighted by Crippen LogP contribution is 2.77. The fourth-order valence-electron chi connectivity index (χ4n) is 8.57. The van der Waals surface area contributed by atoms with Gasteiger partial charge in [-0.25, -0.2) is 0 Å². The molecule has 0 amide bonds. The average molecular weight is 464 g/mol. The summed E-state index contributed by atoms with van der Waals surface area (Å²) in [6, 6.07) is 0. The largest absolute Gasteiger partial charge is 0.462 e. The second-order valence-corrected chi connectivity index (χ2v) is 11.2. The Hall–Kier alpha value is -1.81. The Labute approximate surface area is 192 Å². The lowest BCUT2D eigenvalue weighted by molar-refractivity contribution is -0.458. The van der Waals surface area contributed by atoms with Crippen LogP contribution in [0, 0.1) is 34.0 Å². The number of ketones is 1. The van der Waals surface area contributed by atoms with E-state index in [0.29, 0.717) is 25.7 Å². The number of esters is 2. The third-order valence-electron chi connectivity index (χ3n) is 9.55. The third kappa shape index (κ3) is 2.44. The SMILES string of the molecule is C=C1C(=O)[C@]23[C@H](OC(=O)CN)[C@@H]1CC[C@H]2[C@@]12CO[C@]3(O)[C@@H](O)[C@@H]1C(C)(C)CC[C@@H]2OC(C)=O. The van der Waals surface area contributed by atoms with Gasteiger partial charge in [0.2, 0.25) is 5.79 Å². The summed E-state index contributed by atoms with van der Waals surface area (Å²) in [5, 5.41) is 23.8. The first-order chi connectivity index (χ1) is 15.4. The molecule has 6 fully saturated rings. The van der Waals surface area contributed by atoms with Gasteiger partial charge >= 0.3 is 11.9 Å². The van der Waals surface area contributed by atoms with Crippen LogP contribution in [0.15, 0.2) is 12.2 Å². The van der Waals surface area contributed by atoms with E-state index in [4.69, 9.17) is 19.9 Å². The number of carbonyl (C=O) groups excluding carboxylic acids is 3. The quantitative estimate of drug-likeness (QED) is 0.401. The summed E-state index contributed by atoms with van der Waals surface area (Å²) in [5.41, 5.74) is 2.67. The first kappa shape index (κ1) is 23.0. The van der Waals surface area contributed by atoms with Crippen molar-refractivity contribution in [2.75, 3.05) is 13.2 Å². The molecule has 6 rings (SSSR count). The van der Waals surface area contributed by atoms with Gasteiger partial charge in [0.25, 0.3) is 0 Å². The molecule has 2 spiro atoms. The number of rotatable bonds is 3. The Morgan fingerprint density at radius 2 is 1.94 bits per heavy atom. The number of ether oxygens (including phenoxy) is 3. The van der Waals surface area contributed by atoms with Crippen molar-refractivity contribution in [1.29, 1.82) is 0 Å². The monoisotopic (exact) mass is 463 g/mol. The summed E-state index contributed by atoms with van der Waals surface area (Å²) in [5.74, 6) is -5.42. The molecule has 9 heteroatoms. The van der Waals surface area contributed by atoms with E-state index in [0.717, 1.165) is 0 Å². The minimum atomic E-state index is -2.27. The van der Waals surface area contributed by atoms with Gasteiger partial charge in [0, 0.05) is 24.2 Å². The number of aliphatic hydroxyl groups excluding tert-OH is 1. The van der Waals surface area contributed by atoms with Crippen LogP contribution in [0.5, 0.6) is 0 Å². The van der Waals surface area contributed by atoms with Gasteiger partial charge in [-0.15, -0.1) is 0 Å². The fourth-order valence-corrected chi connectivity index (χ4v) is 8.57. The average Bonchev–Trinajstić information content (AvgIpc) is 2.86. The summed E-state index contributed by atoms with van der Waals surface area (Å²) < 4.78 is 17.6. The lowest BCUT2D eigenvalue weighted by atomic mass is 9.35. The zero-order valence-corrected chi connectivity index (χ0v) is 19.3. The van der Waals surface area contributed by atoms with Gasteiger partial charge in [-0.1, -0.05) is 20.4 Å². The van der Waals surface area contributed by atoms with Gasteiger partial charge in [-0.2, -0.15) is 0 Å². The van der Waals surface area contributed by atoms with Crippen LogP contribution in [0.25, 0.3) is 0 Å². The minimum Gasteiger partial charge on any atom is -0.462 e. The molecule has 0 radical (unpaired) electrons. The molecule has 0 aromatic carbocycles. The van der Waals surface area contributed by atoms with Crippen LogP contribution in [-0.4, -0.2) is 65.2 Å². The van der Waals surface area contributed by atoms with Crippen molar-refractivity contribution in [2.24, 2.45) is 39.7 Å². The maximum Gasteiger partial charge on any atom is 0.320 e. The van der Waals surface area contributed by atoms with E-state index in [2.05, 4.69) is 6.58 Å². The molecule has 2 heterocycles. The molecule has 4 saturated carbocycles. The molecule has 4 bridgehead atoms. The van der Waals surface area contributed by atoms with Crippen molar-refractivity contribution in [3.05, 3.63) is 12.2 Å². The summed E-state index contributed by atoms with van der Waals surface area (Å²) in [6.07, 6.45) is -0.882. The van der Waals surface area contributed by atoms with Gasteiger partial charge in [0.1, 0.15) is 23.7 Å². The first-order valence-electron chi connectivity index (χ1n) is 11.7. The molecular formula is C24H33NO8. The maximum atomic E-state index is 13.9. The Morgan fingerprint density at radius 3 is 2.58 bits per heavy atom. The minimum absolute atomic E-state index is 0.0288. The van der Waals surface area contributed by atoms with Crippen LogP contribution >= 0.6 is 0 Å². The Morgan fingerprint density at radius 1 is 1.24 bits per heavy atom. The number of Topliss-reactive ketones (excluding diaryl/α,β-unsaturated/α-hetero) is 1. The van der Waals surface area contributed by atoms with Crippen molar-refractivity contribution in [2.45, 2.75) is 70.6 Å². The molecule has 0 aromatic rings. The van der Waals surface area contributed by atoms with Crippen molar-refractivity contribution in [3.63, 3.8) is 0 Å². The smallest absolute Gasteiger partial charge is 0.320 e. The second-order valence-electron chi connectivity index (χ2n) is 11.2. The predicted octanol–water partition coefficient (Wildman–Crippen LogP) is 0.456. The van der Waals surface area contributed by atoms with Crippen LogP contribution < -0.4 is 5.73 Å². The molecule has 0 aromatic heterocycles. The fraction of sp³-hybridized carbons (Fsp3) is 0.792. The summed E-state index contributed by atoms with van der Waals surface area (Å²) >= 11 is 0. The number of hydrogen-bond donors (Lipinski definition) is 3. The van der Waals surface area contributed by atoms with Gasteiger partial charge in [0.15, 0.2) is 5.78 Å². The Kier molecular flexibility index (Phi) is 4.78. The molecule has 6 aliphatic rings. The van der Waals surface area contributed by atoms with E-state index in [9.17, 15) is 24.6 Å². The van der Waals surface area contributed by atoms with Crippen molar-refractivity contribution >= 4 is 17.7 Å². The first-order valence-corrected chi connectivity index (χ1v) is 11.7. The molecule has 9 nitrogen and oxygen atoms in total. The number of nitrogens with two attached hydrogens (primary N) is 1. The van der Waals surface area contributed by atoms with E-state index in [1.165, 1.54) is 6.92 Å². The molecule has 4 N–H and O–H groups in total. The van der Waals surface area contributed by atoms with E-state index < -0.39 is 75.8 Å². The highest BCUT2D eigenvalue weighted by atomic mass is 16.7. The normalized spacial score (nSPS) is 49.3. The van der Waals surface area contributed by atoms with E-state index in [1.54, 1.807) is 0 Å². The maximum absolute atomic E-state index is 13.9. The lowest BCUT2D eigenvalue weighted by Gasteiger charge is -2.74. The Balaban J connectivity index is 1.77. The topological polar surface area (TPSA) is 145 Å². The molecular weight excluding hydrogens is 430 g/mol. The van der Waals surface area contributed by atoms with Gasteiger partial charge in [-0.05, 0) is 42.6 Å². The number of aliphatic hydroxyl groups is 2. The molecule has 4 aliphatic carbocycles. The number of hydrogen-bond acceptors (Lipinski definition) is 9. The van der Waals surface area contributed by atoms with Crippen molar-refractivity contribution in [1.82, 2.24) is 0 Å². The van der Waals surface area contributed by atoms with E-state index >= 15 is 0 Å². The van der Waals surface area contributed by atoms with Crippen LogP contribution in [0.2, 0.25) is 0 Å². The highest BCUT2D eigenvalue weighted by molar-refractivity contribution is 6.05. The van der Waals surface area contributed by atoms with E-state index in [-0.39, 0.29) is 18.7 Å². The predicted molar refractivity (Wildman–Crippen MR) is 113 cm³/mol. The lowest BCUT2D eigenvalue weighted by Crippen LogP contribution is -2.86. The number of carbonyl (C=O) groups is 3. The van der Waals surface area contributed by atoms with Crippen molar-refractivity contribution < 1.29 is 38.8 Å². The van der Waals surface area contributed by atoms with Crippen LogP contribution in [0.1, 0.15) is 46.5 Å². The van der Waals surface area contributed by atoms with Crippen LogP contribution in [0.4, 0.5) is 0 Å². The molecule has 9 atom stereocenters. The van der Waals surface area contributed by atoms with Gasteiger partial charge in [0.05, 0.1) is 13.2 Å². The zero-order chi connectivity index (χ0) is 24.1. The summed E-state index contributed by atoms with van der Waals surface area (Å²) in [6.45, 7) is 9.01. The van der Waals surface area contributed by atoms with E-state index in [1.807, 2.05) is 13.8 Å². The summed E-state index contributed by atoms with van der Waals surface area (Å²) in [4.78, 5) is 38.4. The third-order valence-corrected chi connectivity index (χ3v) is 9.55. The second kappa shape index (κ2) is 6.87.